The monoisotopic (exact) mass is 465 g/mol. The summed E-state index contributed by atoms with van der Waals surface area (Å²) in [6, 6.07) is 10.2. The molecule has 2 aromatic carbocycles. The van der Waals surface area contributed by atoms with E-state index in [0.29, 0.717) is 6.42 Å². The van der Waals surface area contributed by atoms with E-state index in [9.17, 15) is 8.78 Å². The molecule has 0 aliphatic carbocycles. The van der Waals surface area contributed by atoms with Gasteiger partial charge < -0.3 is 5.32 Å². The molecule has 1 N–H and O–H groups in total. The molecular weight excluding hydrogens is 451 g/mol. The van der Waals surface area contributed by atoms with Gasteiger partial charge in [0.05, 0.1) is 0 Å². The van der Waals surface area contributed by atoms with Crippen molar-refractivity contribution in [1.82, 2.24) is 5.32 Å². The Morgan fingerprint density at radius 2 is 1.90 bits per heavy atom. The van der Waals surface area contributed by atoms with Crippen molar-refractivity contribution < 1.29 is 8.78 Å². The van der Waals surface area contributed by atoms with Crippen molar-refractivity contribution in [2.24, 2.45) is 0 Å². The Morgan fingerprint density at radius 3 is 2.57 bits per heavy atom. The molecule has 0 radical (unpaired) electrons. The highest BCUT2D eigenvalue weighted by molar-refractivity contribution is 14.1. The van der Waals surface area contributed by atoms with Crippen LogP contribution in [0.3, 0.4) is 0 Å². The van der Waals surface area contributed by atoms with Gasteiger partial charge in [0.2, 0.25) is 0 Å². The van der Waals surface area contributed by atoms with Gasteiger partial charge in [0.15, 0.2) is 11.6 Å². The fourth-order valence-corrected chi connectivity index (χ4v) is 3.31. The predicted molar refractivity (Wildman–Crippen MR) is 93.3 cm³/mol. The minimum Gasteiger partial charge on any atom is -0.310 e. The second-order valence-electron chi connectivity index (χ2n) is 4.73. The van der Waals surface area contributed by atoms with E-state index in [1.807, 2.05) is 19.1 Å². The molecule has 0 amide bonds. The van der Waals surface area contributed by atoms with E-state index < -0.39 is 11.6 Å². The van der Waals surface area contributed by atoms with Gasteiger partial charge in [-0.1, -0.05) is 28.9 Å². The molecule has 21 heavy (non-hydrogen) atoms. The molecule has 1 nitrogen and oxygen atoms in total. The molecule has 0 bridgehead atoms. The lowest BCUT2D eigenvalue weighted by Crippen LogP contribution is -2.24. The first-order valence-corrected chi connectivity index (χ1v) is 8.50. The summed E-state index contributed by atoms with van der Waals surface area (Å²) in [4.78, 5) is 0. The van der Waals surface area contributed by atoms with Crippen LogP contribution >= 0.6 is 38.5 Å². The average molecular weight is 466 g/mol. The first kappa shape index (κ1) is 16.8. The van der Waals surface area contributed by atoms with Crippen LogP contribution in [0.15, 0.2) is 40.9 Å². The zero-order valence-corrected chi connectivity index (χ0v) is 15.2. The van der Waals surface area contributed by atoms with E-state index in [1.54, 1.807) is 6.07 Å². The van der Waals surface area contributed by atoms with Crippen molar-refractivity contribution in [1.29, 1.82) is 0 Å². The van der Waals surface area contributed by atoms with Crippen LogP contribution in [0.2, 0.25) is 0 Å². The molecule has 0 spiro atoms. The lowest BCUT2D eigenvalue weighted by Gasteiger charge is -2.20. The summed E-state index contributed by atoms with van der Waals surface area (Å²) in [6.45, 7) is 2.83. The molecule has 0 aromatic heterocycles. The summed E-state index contributed by atoms with van der Waals surface area (Å²) in [5.74, 6) is -1.61. The molecule has 0 saturated carbocycles. The van der Waals surface area contributed by atoms with Crippen LogP contribution in [0.5, 0.6) is 0 Å². The van der Waals surface area contributed by atoms with Crippen LogP contribution in [-0.4, -0.2) is 6.54 Å². The second-order valence-corrected chi connectivity index (χ2v) is 6.81. The smallest absolute Gasteiger partial charge is 0.159 e. The van der Waals surface area contributed by atoms with Gasteiger partial charge in [0, 0.05) is 14.1 Å². The number of halogens is 4. The van der Waals surface area contributed by atoms with E-state index in [4.69, 9.17) is 0 Å². The van der Waals surface area contributed by atoms with Crippen molar-refractivity contribution >= 4 is 38.5 Å². The maximum absolute atomic E-state index is 13.4. The van der Waals surface area contributed by atoms with E-state index >= 15 is 0 Å². The third-order valence-electron chi connectivity index (χ3n) is 3.21. The van der Waals surface area contributed by atoms with Crippen molar-refractivity contribution in [2.75, 3.05) is 6.54 Å². The van der Waals surface area contributed by atoms with Gasteiger partial charge in [-0.25, -0.2) is 8.78 Å². The molecule has 0 heterocycles. The van der Waals surface area contributed by atoms with Crippen molar-refractivity contribution in [2.45, 2.75) is 19.4 Å². The minimum atomic E-state index is -0.809. The van der Waals surface area contributed by atoms with Gasteiger partial charge >= 0.3 is 0 Å². The summed E-state index contributed by atoms with van der Waals surface area (Å²) >= 11 is 5.77. The number of rotatable bonds is 5. The Bertz CT molecular complexity index is 634. The first-order chi connectivity index (χ1) is 10.0. The Labute approximate surface area is 145 Å². The Balaban J connectivity index is 2.30. The normalized spacial score (nSPS) is 12.4. The third-order valence-corrected chi connectivity index (χ3v) is 4.68. The van der Waals surface area contributed by atoms with Gasteiger partial charge in [0.1, 0.15) is 0 Å². The number of likely N-dealkylation sites (N-methyl/N-ethyl adjacent to an activating group) is 1. The summed E-state index contributed by atoms with van der Waals surface area (Å²) in [7, 11) is 0. The summed E-state index contributed by atoms with van der Waals surface area (Å²) in [5.41, 5.74) is 1.92. The molecule has 2 aromatic rings. The van der Waals surface area contributed by atoms with Crippen LogP contribution in [0.4, 0.5) is 8.78 Å². The van der Waals surface area contributed by atoms with Crippen LogP contribution in [0.25, 0.3) is 0 Å². The molecule has 0 fully saturated rings. The summed E-state index contributed by atoms with van der Waals surface area (Å²) in [6.07, 6.45) is 0.609. The van der Waals surface area contributed by atoms with Crippen LogP contribution in [0, 0.1) is 15.2 Å². The summed E-state index contributed by atoms with van der Waals surface area (Å²) < 4.78 is 28.5. The third kappa shape index (κ3) is 4.47. The molecule has 112 valence electrons. The highest BCUT2D eigenvalue weighted by Gasteiger charge is 2.15. The van der Waals surface area contributed by atoms with Crippen LogP contribution < -0.4 is 5.32 Å². The van der Waals surface area contributed by atoms with Crippen molar-refractivity contribution in [3.05, 3.63) is 67.2 Å². The SMILES string of the molecule is CCNC(Cc1ccc(F)c(F)c1)c1cc(Br)ccc1I. The second kappa shape index (κ2) is 7.65. The average Bonchev–Trinajstić information content (AvgIpc) is 2.45. The largest absolute Gasteiger partial charge is 0.310 e. The van der Waals surface area contributed by atoms with E-state index in [1.165, 1.54) is 12.1 Å². The molecular formula is C16H15BrF2IN. The highest BCUT2D eigenvalue weighted by Crippen LogP contribution is 2.27. The van der Waals surface area contributed by atoms with E-state index in [0.717, 1.165) is 25.7 Å². The Morgan fingerprint density at radius 1 is 1.14 bits per heavy atom. The van der Waals surface area contributed by atoms with Gasteiger partial charge in [-0.2, -0.15) is 0 Å². The van der Waals surface area contributed by atoms with Crippen molar-refractivity contribution in [3.8, 4) is 0 Å². The maximum Gasteiger partial charge on any atom is 0.159 e. The topological polar surface area (TPSA) is 12.0 Å². The predicted octanol–water partition coefficient (Wildman–Crippen LogP) is 5.23. The van der Waals surface area contributed by atoms with Gasteiger partial charge in [-0.3, -0.25) is 0 Å². The highest BCUT2D eigenvalue weighted by atomic mass is 127. The number of nitrogens with one attached hydrogen (secondary N) is 1. The maximum atomic E-state index is 13.4. The lowest BCUT2D eigenvalue weighted by molar-refractivity contribution is 0.502. The van der Waals surface area contributed by atoms with Gasteiger partial charge in [-0.05, 0) is 77.0 Å². The fourth-order valence-electron chi connectivity index (χ4n) is 2.22. The zero-order chi connectivity index (χ0) is 15.4. The quantitative estimate of drug-likeness (QED) is 0.596. The molecule has 0 saturated heterocycles. The Hall–Kier alpha value is -0.530. The van der Waals surface area contributed by atoms with Gasteiger partial charge in [-0.15, -0.1) is 0 Å². The standard InChI is InChI=1S/C16H15BrF2IN/c1-2-21-16(12-9-11(17)4-6-15(12)20)8-10-3-5-13(18)14(19)7-10/h3-7,9,16,21H,2,8H2,1H3. The number of hydrogen-bond acceptors (Lipinski definition) is 1. The van der Waals surface area contributed by atoms with Crippen LogP contribution in [0.1, 0.15) is 24.1 Å². The lowest BCUT2D eigenvalue weighted by atomic mass is 9.98. The molecule has 2 rings (SSSR count). The van der Waals surface area contributed by atoms with Crippen molar-refractivity contribution in [3.63, 3.8) is 0 Å². The molecule has 1 atom stereocenters. The number of benzene rings is 2. The summed E-state index contributed by atoms with van der Waals surface area (Å²) in [5, 5.41) is 3.41. The van der Waals surface area contributed by atoms with E-state index in [-0.39, 0.29) is 6.04 Å². The minimum absolute atomic E-state index is 0.0595. The molecule has 1 unspecified atom stereocenters. The van der Waals surface area contributed by atoms with E-state index in [2.05, 4.69) is 49.9 Å². The molecule has 5 heteroatoms. The fraction of sp³-hybridized carbons (Fsp3) is 0.250. The van der Waals surface area contributed by atoms with Crippen LogP contribution in [-0.2, 0) is 6.42 Å². The molecule has 0 aliphatic heterocycles. The van der Waals surface area contributed by atoms with Gasteiger partial charge in [0.25, 0.3) is 0 Å². The number of hydrogen-bond donors (Lipinski definition) is 1. The Kier molecular flexibility index (Phi) is 6.13. The first-order valence-electron chi connectivity index (χ1n) is 6.63. The molecule has 0 aliphatic rings. The zero-order valence-electron chi connectivity index (χ0n) is 11.5.